The van der Waals surface area contributed by atoms with Gasteiger partial charge in [-0.25, -0.2) is 4.79 Å². The van der Waals surface area contributed by atoms with Gasteiger partial charge in [0.1, 0.15) is 0 Å². The Kier molecular flexibility index (Phi) is 3.54. The molecule has 0 fully saturated rings. The number of hydrogen-bond acceptors (Lipinski definition) is 3. The molecule has 1 aromatic rings. The average molecular weight is 236 g/mol. The van der Waals surface area contributed by atoms with E-state index in [4.69, 9.17) is 4.74 Å². The normalized spacial score (nSPS) is 18.7. The zero-order valence-electron chi connectivity index (χ0n) is 9.60. The molecule has 2 nitrogen and oxygen atoms in total. The summed E-state index contributed by atoms with van der Waals surface area (Å²) in [7, 11) is 0. The monoisotopic (exact) mass is 236 g/mol. The zero-order valence-corrected chi connectivity index (χ0v) is 10.4. The second kappa shape index (κ2) is 4.91. The number of cyclic esters (lactones) is 1. The minimum atomic E-state index is -0.183. The summed E-state index contributed by atoms with van der Waals surface area (Å²) in [5, 5.41) is 0. The molecule has 0 aliphatic carbocycles. The van der Waals surface area contributed by atoms with Gasteiger partial charge in [-0.15, -0.1) is 11.8 Å². The fourth-order valence-electron chi connectivity index (χ4n) is 1.65. The lowest BCUT2D eigenvalue weighted by Crippen LogP contribution is -1.97. The smallest absolute Gasteiger partial charge is 0.340 e. The van der Waals surface area contributed by atoms with E-state index in [1.54, 1.807) is 11.8 Å². The molecule has 1 atom stereocenters. The summed E-state index contributed by atoms with van der Waals surface area (Å²) in [5.41, 5.74) is 1.66. The van der Waals surface area contributed by atoms with Crippen molar-refractivity contribution in [2.24, 2.45) is 5.92 Å². The lowest BCUT2D eigenvalue weighted by Gasteiger charge is -2.11. The predicted molar refractivity (Wildman–Crippen MR) is 66.5 cm³/mol. The third kappa shape index (κ3) is 2.40. The Balaban J connectivity index is 2.01. The first kappa shape index (κ1) is 11.5. The second-order valence-electron chi connectivity index (χ2n) is 4.38. The molecule has 1 aliphatic heterocycles. The number of esters is 1. The molecule has 2 rings (SSSR count). The highest BCUT2D eigenvalue weighted by molar-refractivity contribution is 7.99. The minimum absolute atomic E-state index is 0.0950. The largest absolute Gasteiger partial charge is 0.443 e. The van der Waals surface area contributed by atoms with Crippen molar-refractivity contribution < 1.29 is 9.53 Å². The van der Waals surface area contributed by atoms with Crippen LogP contribution in [0.5, 0.6) is 0 Å². The first-order valence-electron chi connectivity index (χ1n) is 5.60. The molecule has 0 saturated heterocycles. The molecule has 16 heavy (non-hydrogen) atoms. The quantitative estimate of drug-likeness (QED) is 0.747. The molecule has 0 saturated carbocycles. The molecule has 0 spiro atoms. The first-order valence-corrected chi connectivity index (χ1v) is 6.65. The molecule has 1 unspecified atom stereocenters. The van der Waals surface area contributed by atoms with Gasteiger partial charge in [0.25, 0.3) is 0 Å². The van der Waals surface area contributed by atoms with Crippen molar-refractivity contribution in [3.63, 3.8) is 0 Å². The number of fused-ring (bicyclic) bond motifs is 1. The maximum Gasteiger partial charge on any atom is 0.340 e. The number of ether oxygens (including phenoxy) is 1. The fraction of sp³-hybridized carbons (Fsp3) is 0.462. The van der Waals surface area contributed by atoms with Gasteiger partial charge < -0.3 is 4.74 Å². The standard InChI is InChI=1S/C13H16O2S/c1-9(2)7-8-16-13-11-6-4-3-5-10(11)12(14)15-13/h3-6,9,13H,7-8H2,1-2H3. The Morgan fingerprint density at radius 2 is 2.12 bits per heavy atom. The van der Waals surface area contributed by atoms with Gasteiger partial charge >= 0.3 is 5.97 Å². The molecule has 1 aliphatic rings. The van der Waals surface area contributed by atoms with Crippen LogP contribution in [0.25, 0.3) is 0 Å². The Labute approximate surface area is 100 Å². The zero-order chi connectivity index (χ0) is 11.5. The van der Waals surface area contributed by atoms with Crippen molar-refractivity contribution in [2.75, 3.05) is 5.75 Å². The lowest BCUT2D eigenvalue weighted by atomic mass is 10.1. The highest BCUT2D eigenvalue weighted by Gasteiger charge is 2.30. The third-order valence-corrected chi connectivity index (χ3v) is 3.74. The highest BCUT2D eigenvalue weighted by atomic mass is 32.2. The molecule has 0 N–H and O–H groups in total. The van der Waals surface area contributed by atoms with Crippen LogP contribution in [-0.2, 0) is 4.74 Å². The summed E-state index contributed by atoms with van der Waals surface area (Å²) in [4.78, 5) is 11.5. The van der Waals surface area contributed by atoms with Gasteiger partial charge in [0.2, 0.25) is 0 Å². The number of benzene rings is 1. The summed E-state index contributed by atoms with van der Waals surface area (Å²) in [5.74, 6) is 1.54. The maximum absolute atomic E-state index is 11.5. The van der Waals surface area contributed by atoms with Crippen molar-refractivity contribution in [2.45, 2.75) is 25.7 Å². The first-order chi connectivity index (χ1) is 7.68. The van der Waals surface area contributed by atoms with E-state index in [-0.39, 0.29) is 11.4 Å². The molecule has 0 amide bonds. The van der Waals surface area contributed by atoms with Crippen molar-refractivity contribution in [3.8, 4) is 0 Å². The van der Waals surface area contributed by atoms with Crippen molar-refractivity contribution >= 4 is 17.7 Å². The van der Waals surface area contributed by atoms with Crippen molar-refractivity contribution in [3.05, 3.63) is 35.4 Å². The van der Waals surface area contributed by atoms with Crippen LogP contribution in [0.15, 0.2) is 24.3 Å². The van der Waals surface area contributed by atoms with E-state index in [1.807, 2.05) is 24.3 Å². The summed E-state index contributed by atoms with van der Waals surface area (Å²) in [6.45, 7) is 4.41. The van der Waals surface area contributed by atoms with Crippen LogP contribution < -0.4 is 0 Å². The van der Waals surface area contributed by atoms with E-state index >= 15 is 0 Å². The van der Waals surface area contributed by atoms with Gasteiger partial charge in [-0.05, 0) is 24.2 Å². The van der Waals surface area contributed by atoms with Crippen LogP contribution >= 0.6 is 11.8 Å². The van der Waals surface area contributed by atoms with Crippen LogP contribution in [0.4, 0.5) is 0 Å². The van der Waals surface area contributed by atoms with Gasteiger partial charge in [-0.2, -0.15) is 0 Å². The lowest BCUT2D eigenvalue weighted by molar-refractivity contribution is 0.0522. The Morgan fingerprint density at radius 1 is 1.38 bits per heavy atom. The third-order valence-electron chi connectivity index (χ3n) is 2.61. The number of thioether (sulfide) groups is 1. The topological polar surface area (TPSA) is 26.3 Å². The van der Waals surface area contributed by atoms with Crippen LogP contribution in [0.2, 0.25) is 0 Å². The minimum Gasteiger partial charge on any atom is -0.443 e. The molecule has 86 valence electrons. The van der Waals surface area contributed by atoms with E-state index in [2.05, 4.69) is 13.8 Å². The number of carbonyl (C=O) groups is 1. The highest BCUT2D eigenvalue weighted by Crippen LogP contribution is 2.39. The van der Waals surface area contributed by atoms with Crippen LogP contribution in [0.1, 0.15) is 41.6 Å². The van der Waals surface area contributed by atoms with E-state index in [1.165, 1.54) is 0 Å². The molecular weight excluding hydrogens is 220 g/mol. The SMILES string of the molecule is CC(C)CCSC1OC(=O)c2ccccc21. The van der Waals surface area contributed by atoms with E-state index in [9.17, 15) is 4.79 Å². The Hall–Kier alpha value is -0.960. The molecule has 0 bridgehead atoms. The molecule has 0 aromatic heterocycles. The maximum atomic E-state index is 11.5. The summed E-state index contributed by atoms with van der Waals surface area (Å²) >= 11 is 1.72. The van der Waals surface area contributed by atoms with Gasteiger partial charge in [0.15, 0.2) is 5.44 Å². The summed E-state index contributed by atoms with van der Waals surface area (Å²) < 4.78 is 5.34. The molecule has 0 radical (unpaired) electrons. The number of rotatable bonds is 4. The Morgan fingerprint density at radius 3 is 2.88 bits per heavy atom. The number of carbonyl (C=O) groups excluding carboxylic acids is 1. The van der Waals surface area contributed by atoms with Crippen molar-refractivity contribution in [1.82, 2.24) is 0 Å². The van der Waals surface area contributed by atoms with Gasteiger partial charge in [0, 0.05) is 5.56 Å². The number of hydrogen-bond donors (Lipinski definition) is 0. The average Bonchev–Trinajstić information content (AvgIpc) is 2.57. The van der Waals surface area contributed by atoms with Gasteiger partial charge in [-0.3, -0.25) is 0 Å². The van der Waals surface area contributed by atoms with E-state index in [0.29, 0.717) is 5.92 Å². The molecular formula is C13H16O2S. The molecule has 1 aromatic carbocycles. The molecule has 1 heterocycles. The second-order valence-corrected chi connectivity index (χ2v) is 5.55. The summed E-state index contributed by atoms with van der Waals surface area (Å²) in [6, 6.07) is 7.64. The van der Waals surface area contributed by atoms with Gasteiger partial charge in [-0.1, -0.05) is 32.0 Å². The van der Waals surface area contributed by atoms with E-state index in [0.717, 1.165) is 23.3 Å². The fourth-order valence-corrected chi connectivity index (χ4v) is 3.01. The van der Waals surface area contributed by atoms with Crippen LogP contribution in [-0.4, -0.2) is 11.7 Å². The van der Waals surface area contributed by atoms with Crippen LogP contribution in [0, 0.1) is 5.92 Å². The predicted octanol–water partition coefficient (Wildman–Crippen LogP) is 3.63. The van der Waals surface area contributed by atoms with E-state index < -0.39 is 0 Å². The summed E-state index contributed by atoms with van der Waals surface area (Å²) in [6.07, 6.45) is 1.15. The Bertz CT molecular complexity index is 387. The molecule has 3 heteroatoms. The van der Waals surface area contributed by atoms with Gasteiger partial charge in [0.05, 0.1) is 5.56 Å². The van der Waals surface area contributed by atoms with Crippen LogP contribution in [0.3, 0.4) is 0 Å². The van der Waals surface area contributed by atoms with Crippen molar-refractivity contribution in [1.29, 1.82) is 0 Å².